The summed E-state index contributed by atoms with van der Waals surface area (Å²) < 4.78 is 0. The van der Waals surface area contributed by atoms with E-state index in [-0.39, 0.29) is 18.3 Å². The average Bonchev–Trinajstić information content (AvgIpc) is 3.22. The van der Waals surface area contributed by atoms with E-state index in [0.29, 0.717) is 5.56 Å². The van der Waals surface area contributed by atoms with Gasteiger partial charge in [0.1, 0.15) is 0 Å². The zero-order valence-corrected chi connectivity index (χ0v) is 17.0. The summed E-state index contributed by atoms with van der Waals surface area (Å²) in [4.78, 5) is 19.9. The Kier molecular flexibility index (Phi) is 6.16. The molecular weight excluding hydrogens is 396 g/mol. The van der Waals surface area contributed by atoms with Crippen molar-refractivity contribution in [2.75, 3.05) is 11.6 Å². The van der Waals surface area contributed by atoms with Gasteiger partial charge in [-0.05, 0) is 42.0 Å². The van der Waals surface area contributed by atoms with Gasteiger partial charge in [0.25, 0.3) is 5.91 Å². The van der Waals surface area contributed by atoms with Crippen molar-refractivity contribution >= 4 is 58.0 Å². The predicted molar refractivity (Wildman–Crippen MR) is 118 cm³/mol. The number of rotatable bonds is 4. The van der Waals surface area contributed by atoms with Crippen LogP contribution in [-0.2, 0) is 0 Å². The van der Waals surface area contributed by atoms with Crippen LogP contribution in [0.3, 0.4) is 0 Å². The van der Waals surface area contributed by atoms with E-state index in [1.165, 1.54) is 0 Å². The molecule has 1 amide bonds. The van der Waals surface area contributed by atoms with E-state index in [0.717, 1.165) is 32.1 Å². The number of carbonyl (C=O) groups excluding carboxylic acids is 1. The molecule has 0 fully saturated rings. The van der Waals surface area contributed by atoms with Crippen LogP contribution in [0.4, 0.5) is 5.69 Å². The van der Waals surface area contributed by atoms with Crippen molar-refractivity contribution in [3.8, 4) is 10.6 Å². The maximum absolute atomic E-state index is 13.1. The van der Waals surface area contributed by atoms with Crippen LogP contribution in [-0.4, -0.2) is 17.1 Å². The van der Waals surface area contributed by atoms with Gasteiger partial charge in [-0.1, -0.05) is 36.4 Å². The Morgan fingerprint density at radius 3 is 2.59 bits per heavy atom. The van der Waals surface area contributed by atoms with Crippen molar-refractivity contribution in [3.63, 3.8) is 0 Å². The number of fused-ring (bicyclic) bond motifs is 1. The summed E-state index contributed by atoms with van der Waals surface area (Å²) >= 11 is 3.23. The van der Waals surface area contributed by atoms with Crippen LogP contribution in [0, 0.1) is 0 Å². The summed E-state index contributed by atoms with van der Waals surface area (Å²) in [6.07, 6.45) is 2.00. The Morgan fingerprint density at radius 2 is 1.81 bits per heavy atom. The molecule has 0 saturated heterocycles. The van der Waals surface area contributed by atoms with E-state index >= 15 is 0 Å². The lowest BCUT2D eigenvalue weighted by molar-refractivity contribution is 0.102. The molecule has 0 atom stereocenters. The topological polar surface area (TPSA) is 42.0 Å². The number of para-hydroxylation sites is 2. The normalized spacial score (nSPS) is 10.4. The predicted octanol–water partition coefficient (Wildman–Crippen LogP) is 6.36. The number of carbonyl (C=O) groups is 1. The molecule has 0 radical (unpaired) electrons. The third-order valence-corrected chi connectivity index (χ3v) is 5.78. The highest BCUT2D eigenvalue weighted by Gasteiger charge is 2.15. The van der Waals surface area contributed by atoms with Crippen LogP contribution >= 0.6 is 35.5 Å². The van der Waals surface area contributed by atoms with Gasteiger partial charge >= 0.3 is 0 Å². The Labute approximate surface area is 172 Å². The number of hydrogen-bond acceptors (Lipinski definition) is 4. The smallest absolute Gasteiger partial charge is 0.256 e. The molecule has 0 aliphatic heterocycles. The monoisotopic (exact) mass is 412 g/mol. The van der Waals surface area contributed by atoms with E-state index in [1.807, 2.05) is 78.4 Å². The average molecular weight is 413 g/mol. The first kappa shape index (κ1) is 19.4. The molecule has 6 heteroatoms. The fourth-order valence-corrected chi connectivity index (χ4v) is 4.09. The first-order valence-electron chi connectivity index (χ1n) is 8.14. The SMILES string of the molecule is CSc1ccccc1NC(=O)c1cc(-c2cccs2)nc2ccccc12.Cl. The fraction of sp³-hybridized carbons (Fsp3) is 0.0476. The van der Waals surface area contributed by atoms with E-state index in [4.69, 9.17) is 4.98 Å². The minimum atomic E-state index is -0.122. The second-order valence-corrected chi connectivity index (χ2v) is 7.50. The molecule has 2 aromatic heterocycles. The molecule has 4 aromatic rings. The number of thiophene rings is 1. The number of benzene rings is 2. The molecule has 4 rings (SSSR count). The molecule has 0 spiro atoms. The molecule has 1 N–H and O–H groups in total. The Morgan fingerprint density at radius 1 is 1.04 bits per heavy atom. The second kappa shape index (κ2) is 8.57. The lowest BCUT2D eigenvalue weighted by Crippen LogP contribution is -2.13. The van der Waals surface area contributed by atoms with Gasteiger partial charge in [0.15, 0.2) is 0 Å². The summed E-state index contributed by atoms with van der Waals surface area (Å²) in [5.74, 6) is -0.122. The third kappa shape index (κ3) is 4.00. The summed E-state index contributed by atoms with van der Waals surface area (Å²) in [7, 11) is 0. The first-order chi connectivity index (χ1) is 12.8. The van der Waals surface area contributed by atoms with Crippen molar-refractivity contribution < 1.29 is 4.79 Å². The summed E-state index contributed by atoms with van der Waals surface area (Å²) in [6, 6.07) is 21.5. The summed E-state index contributed by atoms with van der Waals surface area (Å²) in [6.45, 7) is 0. The van der Waals surface area contributed by atoms with Crippen LogP contribution in [0.15, 0.2) is 77.0 Å². The molecule has 0 saturated carbocycles. The van der Waals surface area contributed by atoms with Crippen molar-refractivity contribution in [1.29, 1.82) is 0 Å². The van der Waals surface area contributed by atoms with Crippen LogP contribution in [0.1, 0.15) is 10.4 Å². The van der Waals surface area contributed by atoms with E-state index < -0.39 is 0 Å². The minimum Gasteiger partial charge on any atom is -0.321 e. The van der Waals surface area contributed by atoms with Crippen molar-refractivity contribution in [2.24, 2.45) is 0 Å². The number of pyridine rings is 1. The van der Waals surface area contributed by atoms with Gasteiger partial charge in [-0.15, -0.1) is 35.5 Å². The molecular formula is C21H17ClN2OS2. The van der Waals surface area contributed by atoms with E-state index in [1.54, 1.807) is 23.1 Å². The molecule has 2 aromatic carbocycles. The highest BCUT2D eigenvalue weighted by atomic mass is 35.5. The van der Waals surface area contributed by atoms with E-state index in [2.05, 4.69) is 5.32 Å². The zero-order chi connectivity index (χ0) is 17.9. The molecule has 2 heterocycles. The number of amides is 1. The van der Waals surface area contributed by atoms with E-state index in [9.17, 15) is 4.79 Å². The molecule has 0 bridgehead atoms. The second-order valence-electron chi connectivity index (χ2n) is 5.70. The van der Waals surface area contributed by atoms with Gasteiger partial charge in [0.2, 0.25) is 0 Å². The third-order valence-electron chi connectivity index (χ3n) is 4.09. The number of thioether (sulfide) groups is 1. The molecule has 27 heavy (non-hydrogen) atoms. The van der Waals surface area contributed by atoms with Crippen molar-refractivity contribution in [2.45, 2.75) is 4.90 Å². The van der Waals surface area contributed by atoms with Gasteiger partial charge in [-0.25, -0.2) is 4.98 Å². The van der Waals surface area contributed by atoms with Gasteiger partial charge in [-0.2, -0.15) is 0 Å². The number of halogens is 1. The van der Waals surface area contributed by atoms with Gasteiger partial charge in [-0.3, -0.25) is 4.79 Å². The Bertz CT molecular complexity index is 1080. The largest absolute Gasteiger partial charge is 0.321 e. The molecule has 0 aliphatic rings. The zero-order valence-electron chi connectivity index (χ0n) is 14.5. The minimum absolute atomic E-state index is 0. The van der Waals surface area contributed by atoms with Gasteiger partial charge < -0.3 is 5.32 Å². The molecule has 0 unspecified atom stereocenters. The quantitative estimate of drug-likeness (QED) is 0.396. The summed E-state index contributed by atoms with van der Waals surface area (Å²) in [5.41, 5.74) is 3.10. The van der Waals surface area contributed by atoms with Crippen molar-refractivity contribution in [3.05, 3.63) is 77.7 Å². The first-order valence-corrected chi connectivity index (χ1v) is 10.2. The van der Waals surface area contributed by atoms with Crippen LogP contribution in [0.25, 0.3) is 21.5 Å². The Hall–Kier alpha value is -2.34. The lowest BCUT2D eigenvalue weighted by atomic mass is 10.1. The number of hydrogen-bond donors (Lipinski definition) is 1. The molecule has 3 nitrogen and oxygen atoms in total. The Balaban J connectivity index is 0.00000210. The number of nitrogens with zero attached hydrogens (tertiary/aromatic N) is 1. The maximum Gasteiger partial charge on any atom is 0.256 e. The van der Waals surface area contributed by atoms with Crippen LogP contribution < -0.4 is 5.32 Å². The fourth-order valence-electron chi connectivity index (χ4n) is 2.85. The number of anilines is 1. The van der Waals surface area contributed by atoms with Crippen LogP contribution in [0.2, 0.25) is 0 Å². The highest BCUT2D eigenvalue weighted by molar-refractivity contribution is 7.98. The molecule has 136 valence electrons. The van der Waals surface area contributed by atoms with Crippen LogP contribution in [0.5, 0.6) is 0 Å². The number of aromatic nitrogens is 1. The maximum atomic E-state index is 13.1. The lowest BCUT2D eigenvalue weighted by Gasteiger charge is -2.12. The summed E-state index contributed by atoms with van der Waals surface area (Å²) in [5, 5.41) is 5.93. The van der Waals surface area contributed by atoms with Crippen molar-refractivity contribution in [1.82, 2.24) is 4.98 Å². The molecule has 0 aliphatic carbocycles. The van der Waals surface area contributed by atoms with Gasteiger partial charge in [0.05, 0.1) is 27.3 Å². The van der Waals surface area contributed by atoms with Gasteiger partial charge in [0, 0.05) is 10.3 Å². The standard InChI is InChI=1S/C21H16N2OS2.ClH/c1-25-19-10-5-4-9-17(19)23-21(24)15-13-18(20-11-6-12-26-20)22-16-8-3-2-7-14(15)16;/h2-13H,1H3,(H,23,24);1H. The number of nitrogens with one attached hydrogen (secondary N) is 1. The highest BCUT2D eigenvalue weighted by Crippen LogP contribution is 2.29.